The third-order valence-corrected chi connectivity index (χ3v) is 8.86. The fourth-order valence-corrected chi connectivity index (χ4v) is 6.85. The van der Waals surface area contributed by atoms with Gasteiger partial charge in [0.05, 0.1) is 30.8 Å². The Balaban J connectivity index is 1.64. The highest BCUT2D eigenvalue weighted by molar-refractivity contribution is 5.89. The highest BCUT2D eigenvalue weighted by atomic mass is 16.7. The van der Waals surface area contributed by atoms with Gasteiger partial charge < -0.3 is 53.4 Å². The molecule has 1 amide bonds. The molecule has 2 bridgehead atoms. The molecule has 1 aliphatic carbocycles. The third-order valence-electron chi connectivity index (χ3n) is 8.86. The molecule has 15 nitrogen and oxygen atoms in total. The molecule has 8 atom stereocenters. The summed E-state index contributed by atoms with van der Waals surface area (Å²) < 4.78 is 46.8. The van der Waals surface area contributed by atoms with Crippen LogP contribution in [0.4, 0.5) is 4.79 Å². The molecule has 1 saturated carbocycles. The number of amides is 1. The molecule has 2 aliphatic heterocycles. The maximum Gasteiger partial charge on any atom is 0.408 e. The van der Waals surface area contributed by atoms with Crippen LogP contribution in [0.25, 0.3) is 0 Å². The van der Waals surface area contributed by atoms with Crippen LogP contribution in [0.5, 0.6) is 0 Å². The fourth-order valence-electron chi connectivity index (χ4n) is 6.85. The van der Waals surface area contributed by atoms with Crippen LogP contribution < -0.4 is 5.32 Å². The predicted molar refractivity (Wildman–Crippen MR) is 175 cm³/mol. The van der Waals surface area contributed by atoms with Gasteiger partial charge in [0.25, 0.3) is 0 Å². The normalized spacial score (nSPS) is 31.3. The van der Waals surface area contributed by atoms with Gasteiger partial charge in [-0.2, -0.15) is 0 Å². The number of hydrogen-bond acceptors (Lipinski definition) is 14. The first kappa shape index (κ1) is 38.1. The standard InChI is InChI=1S/C36H45NO14/c1-21(38)48-27-25(24-18-47-34(5,6)50-24)36(37-32(42)51-33(2,3)4)26(39)31(41)49-28(29(36)46-20-44-17-22-13-9-7-10-14-22)35(27,43)19-45-30(40)23-15-11-8-12-16-23/h7-16,24-29,39,43H,17-20H2,1-6H3,(H,37,42)/t24-,25+,26-,27?,28+,29-,35+,36+/m1/s1. The molecular formula is C36H45NO14. The van der Waals surface area contributed by atoms with Gasteiger partial charge in [-0.1, -0.05) is 48.5 Å². The lowest BCUT2D eigenvalue weighted by Gasteiger charge is -2.63. The highest BCUT2D eigenvalue weighted by Gasteiger charge is 2.77. The highest BCUT2D eigenvalue weighted by Crippen LogP contribution is 2.52. The summed E-state index contributed by atoms with van der Waals surface area (Å²) in [5.74, 6) is -5.78. The van der Waals surface area contributed by atoms with E-state index in [-0.39, 0.29) is 18.8 Å². The zero-order valence-electron chi connectivity index (χ0n) is 29.4. The van der Waals surface area contributed by atoms with E-state index in [9.17, 15) is 29.4 Å². The maximum absolute atomic E-state index is 13.7. The number of rotatable bonds is 11. The molecule has 3 fully saturated rings. The maximum atomic E-state index is 13.7. The summed E-state index contributed by atoms with van der Waals surface area (Å²) in [6.07, 6.45) is -9.75. The largest absolute Gasteiger partial charge is 0.459 e. The number of aliphatic hydroxyl groups excluding tert-OH is 1. The van der Waals surface area contributed by atoms with Gasteiger partial charge in [0.15, 0.2) is 23.6 Å². The second-order valence-corrected chi connectivity index (χ2v) is 14.2. The molecule has 15 heteroatoms. The van der Waals surface area contributed by atoms with Crippen molar-refractivity contribution in [1.29, 1.82) is 0 Å². The summed E-state index contributed by atoms with van der Waals surface area (Å²) in [5, 5.41) is 27.2. The van der Waals surface area contributed by atoms with Gasteiger partial charge in [0, 0.05) is 6.92 Å². The first-order valence-electron chi connectivity index (χ1n) is 16.5. The van der Waals surface area contributed by atoms with Crippen molar-refractivity contribution in [2.75, 3.05) is 20.0 Å². The summed E-state index contributed by atoms with van der Waals surface area (Å²) in [4.78, 5) is 53.3. The predicted octanol–water partition coefficient (Wildman–Crippen LogP) is 2.40. The Morgan fingerprint density at radius 1 is 1.00 bits per heavy atom. The van der Waals surface area contributed by atoms with E-state index in [1.54, 1.807) is 52.8 Å². The topological polar surface area (TPSA) is 195 Å². The molecule has 2 aromatic carbocycles. The number of hydrogen-bond donors (Lipinski definition) is 3. The first-order chi connectivity index (χ1) is 24.0. The summed E-state index contributed by atoms with van der Waals surface area (Å²) in [5.41, 5.74) is -4.95. The van der Waals surface area contributed by atoms with Crippen LogP contribution in [-0.4, -0.2) is 107 Å². The Labute approximate surface area is 295 Å². The molecule has 1 unspecified atom stereocenters. The number of esters is 3. The van der Waals surface area contributed by atoms with Crippen molar-refractivity contribution in [2.45, 2.75) is 101 Å². The zero-order valence-corrected chi connectivity index (χ0v) is 29.4. The monoisotopic (exact) mass is 715 g/mol. The molecule has 278 valence electrons. The van der Waals surface area contributed by atoms with E-state index in [2.05, 4.69) is 5.32 Å². The van der Waals surface area contributed by atoms with Crippen LogP contribution in [0, 0.1) is 5.92 Å². The SMILES string of the molecule is CC(=O)OC1[C@H]([C@H]2COC(C)(C)O2)[C@]2(NC(=O)OC(C)(C)C)[C@H](O)C(=O)O[C@@H]([C@H]2OCOCc2ccccc2)[C@]1(O)COC(=O)c1ccccc1. The molecule has 0 radical (unpaired) electrons. The lowest BCUT2D eigenvalue weighted by molar-refractivity contribution is -0.327. The quantitative estimate of drug-likeness (QED) is 0.133. The number of fused-ring (bicyclic) bond motifs is 2. The first-order valence-corrected chi connectivity index (χ1v) is 16.5. The van der Waals surface area contributed by atoms with E-state index in [0.717, 1.165) is 12.5 Å². The van der Waals surface area contributed by atoms with Crippen molar-refractivity contribution in [1.82, 2.24) is 5.32 Å². The number of ether oxygens (including phenoxy) is 8. The second kappa shape index (κ2) is 14.9. The Bertz CT molecular complexity index is 1560. The molecule has 3 aliphatic rings. The Morgan fingerprint density at radius 3 is 2.24 bits per heavy atom. The summed E-state index contributed by atoms with van der Waals surface area (Å²) in [6.45, 7) is 7.60. The van der Waals surface area contributed by atoms with Crippen molar-refractivity contribution in [2.24, 2.45) is 5.92 Å². The average Bonchev–Trinajstić information content (AvgIpc) is 3.42. The summed E-state index contributed by atoms with van der Waals surface area (Å²) >= 11 is 0. The van der Waals surface area contributed by atoms with E-state index in [1.807, 2.05) is 30.3 Å². The number of carbonyl (C=O) groups is 4. The molecule has 2 heterocycles. The Hall–Kier alpha value is -4.12. The van der Waals surface area contributed by atoms with Gasteiger partial charge in [-0.3, -0.25) is 4.79 Å². The molecule has 51 heavy (non-hydrogen) atoms. The van der Waals surface area contributed by atoms with E-state index >= 15 is 0 Å². The number of nitrogens with one attached hydrogen (secondary N) is 1. The Morgan fingerprint density at radius 2 is 1.65 bits per heavy atom. The average molecular weight is 716 g/mol. The van der Waals surface area contributed by atoms with Gasteiger partial charge in [-0.15, -0.1) is 0 Å². The van der Waals surface area contributed by atoms with Gasteiger partial charge >= 0.3 is 24.0 Å². The lowest BCUT2D eigenvalue weighted by Crippen LogP contribution is -2.88. The van der Waals surface area contributed by atoms with E-state index < -0.39 is 96.4 Å². The van der Waals surface area contributed by atoms with Crippen molar-refractivity contribution >= 4 is 24.0 Å². The number of carbonyl (C=O) groups excluding carboxylic acids is 4. The fraction of sp³-hybridized carbons (Fsp3) is 0.556. The summed E-state index contributed by atoms with van der Waals surface area (Å²) in [6, 6.07) is 17.0. The lowest BCUT2D eigenvalue weighted by atomic mass is 9.56. The molecule has 2 aromatic rings. The second-order valence-electron chi connectivity index (χ2n) is 14.2. The van der Waals surface area contributed by atoms with Crippen LogP contribution in [0.1, 0.15) is 57.5 Å². The Kier molecular flexibility index (Phi) is 11.1. The number of alkyl carbamates (subject to hydrolysis) is 1. The van der Waals surface area contributed by atoms with Crippen LogP contribution in [0.3, 0.4) is 0 Å². The molecule has 0 spiro atoms. The van der Waals surface area contributed by atoms with E-state index in [4.69, 9.17) is 37.9 Å². The van der Waals surface area contributed by atoms with E-state index in [1.165, 1.54) is 12.1 Å². The van der Waals surface area contributed by atoms with Gasteiger partial charge in [-0.25, -0.2) is 14.4 Å². The zero-order chi connectivity index (χ0) is 37.2. The summed E-state index contributed by atoms with van der Waals surface area (Å²) in [7, 11) is 0. The van der Waals surface area contributed by atoms with Crippen LogP contribution >= 0.6 is 0 Å². The minimum atomic E-state index is -2.56. The van der Waals surface area contributed by atoms with Crippen molar-refractivity contribution in [3.05, 3.63) is 71.8 Å². The van der Waals surface area contributed by atoms with Crippen molar-refractivity contribution < 1.29 is 67.3 Å². The minimum absolute atomic E-state index is 0.0826. The van der Waals surface area contributed by atoms with Gasteiger partial charge in [-0.05, 0) is 52.3 Å². The van der Waals surface area contributed by atoms with Gasteiger partial charge in [0.2, 0.25) is 0 Å². The number of benzene rings is 2. The van der Waals surface area contributed by atoms with Crippen molar-refractivity contribution in [3.63, 3.8) is 0 Å². The third kappa shape index (κ3) is 8.19. The molecule has 3 N–H and O–H groups in total. The number of aliphatic hydroxyl groups is 2. The molecule has 2 saturated heterocycles. The molecule has 0 aromatic heterocycles. The molecule has 5 rings (SSSR count). The van der Waals surface area contributed by atoms with Crippen LogP contribution in [0.15, 0.2) is 60.7 Å². The van der Waals surface area contributed by atoms with Crippen molar-refractivity contribution in [3.8, 4) is 0 Å². The van der Waals surface area contributed by atoms with E-state index in [0.29, 0.717) is 0 Å². The van der Waals surface area contributed by atoms with Gasteiger partial charge in [0.1, 0.15) is 36.7 Å². The molecular weight excluding hydrogens is 670 g/mol. The minimum Gasteiger partial charge on any atom is -0.459 e. The smallest absolute Gasteiger partial charge is 0.408 e. The van der Waals surface area contributed by atoms with Crippen LogP contribution in [0.2, 0.25) is 0 Å². The van der Waals surface area contributed by atoms with Crippen LogP contribution in [-0.2, 0) is 54.1 Å².